The largest absolute Gasteiger partial charge is 0.466 e. The summed E-state index contributed by atoms with van der Waals surface area (Å²) in [5.74, 6) is 2.96. The van der Waals surface area contributed by atoms with Crippen LogP contribution in [0.4, 0.5) is 0 Å². The molecule has 0 aromatic heterocycles. The molecular formula is C45H60Cl2N2O8. The molecule has 2 amide bonds. The molecule has 0 heterocycles. The lowest BCUT2D eigenvalue weighted by atomic mass is 9.83. The number of nitrogens with one attached hydrogen (secondary N) is 2. The molecule has 5 unspecified atom stereocenters. The van der Waals surface area contributed by atoms with Gasteiger partial charge in [0.2, 0.25) is 0 Å². The van der Waals surface area contributed by atoms with Crippen LogP contribution in [0, 0.1) is 53.3 Å². The van der Waals surface area contributed by atoms with E-state index in [0.29, 0.717) is 64.1 Å². The summed E-state index contributed by atoms with van der Waals surface area (Å²) < 4.78 is 9.60. The Labute approximate surface area is 347 Å². The number of carbonyl (C=O) groups excluding carboxylic acids is 6. The van der Waals surface area contributed by atoms with Gasteiger partial charge in [-0.05, 0) is 162 Å². The Kier molecular flexibility index (Phi) is 17.2. The number of fused-ring (bicyclic) bond motifs is 2. The summed E-state index contributed by atoms with van der Waals surface area (Å²) in [5, 5.41) is 7.66. The fourth-order valence-corrected chi connectivity index (χ4v) is 9.80. The molecule has 4 aliphatic rings. The number of Topliss-reactive ketones (excluding diaryl/α,β-unsaturated/α-hetero) is 2. The van der Waals surface area contributed by atoms with Crippen molar-refractivity contribution < 1.29 is 38.2 Å². The zero-order valence-corrected chi connectivity index (χ0v) is 35.9. The van der Waals surface area contributed by atoms with Gasteiger partial charge in [-0.15, -0.1) is 0 Å². The fraction of sp³-hybridized carbons (Fsp3) is 0.600. The highest BCUT2D eigenvalue weighted by molar-refractivity contribution is 6.31. The first-order chi connectivity index (χ1) is 27.1. The zero-order chi connectivity index (χ0) is 42.0. The van der Waals surface area contributed by atoms with Gasteiger partial charge in [-0.25, -0.2) is 0 Å². The maximum atomic E-state index is 12.5. The molecule has 6 rings (SSSR count). The van der Waals surface area contributed by atoms with Crippen LogP contribution >= 0.6 is 23.2 Å². The summed E-state index contributed by atoms with van der Waals surface area (Å²) in [6.45, 7) is 13.5. The lowest BCUT2D eigenvalue weighted by molar-refractivity contribution is -0.153. The third-order valence-corrected chi connectivity index (χ3v) is 12.6. The molecule has 0 bridgehead atoms. The quantitative estimate of drug-likeness (QED) is 0.134. The van der Waals surface area contributed by atoms with Gasteiger partial charge >= 0.3 is 11.9 Å². The van der Waals surface area contributed by atoms with Crippen molar-refractivity contribution in [2.75, 3.05) is 13.2 Å². The second kappa shape index (κ2) is 21.3. The Bertz CT molecular complexity index is 1690. The number of carbonyl (C=O) groups is 6. The van der Waals surface area contributed by atoms with Crippen molar-refractivity contribution in [2.45, 2.75) is 105 Å². The minimum absolute atomic E-state index is 0.0338. The van der Waals surface area contributed by atoms with E-state index in [9.17, 15) is 28.8 Å². The number of esters is 2. The Morgan fingerprint density at radius 2 is 1.05 bits per heavy atom. The number of benzene rings is 2. The lowest BCUT2D eigenvalue weighted by Gasteiger charge is -2.24. The van der Waals surface area contributed by atoms with Crippen LogP contribution in [0.2, 0.25) is 10.0 Å². The van der Waals surface area contributed by atoms with Crippen molar-refractivity contribution in [3.05, 3.63) is 69.7 Å². The van der Waals surface area contributed by atoms with Gasteiger partial charge in [-0.3, -0.25) is 28.8 Å². The molecule has 11 atom stereocenters. The molecule has 0 saturated heterocycles. The zero-order valence-electron chi connectivity index (χ0n) is 34.4. The summed E-state index contributed by atoms with van der Waals surface area (Å²) in [6, 6.07) is 14.4. The SMILES string of the molecule is CCOC(=O)C(C(C)=O)C1C[C@@H]2C([C@@H](CC)NC(=O)c3ccc(Cl)cc3)[C@@H]2C1.CCOC(=O)CC(C)=O.CC[C@@H](NC(=O)c1ccc(Cl)cc1)C1[C@H]2CC(C)C[C@@H]12. The van der Waals surface area contributed by atoms with Crippen LogP contribution in [-0.2, 0) is 28.7 Å². The van der Waals surface area contributed by atoms with E-state index in [1.807, 2.05) is 0 Å². The number of halogens is 2. The third-order valence-electron chi connectivity index (χ3n) is 12.1. The van der Waals surface area contributed by atoms with E-state index in [0.717, 1.165) is 43.4 Å². The molecule has 2 N–H and O–H groups in total. The standard InChI is InChI=1S/C22H28ClNO4.C17H22ClNO.C6H10O3/c1-4-18(24-21(26)13-6-8-15(23)9-7-13)20-16-10-14(11-17(16)20)19(12(3)25)22(27)28-5-2;1-3-15(16-13-8-10(2)9-14(13)16)19-17(20)11-4-6-12(18)7-5-11;1-3-9-6(8)4-5(2)7/h6-9,14,16-20H,4-5,10-11H2,1-3H3,(H,24,26);4-7,10,13-16H,3,8-9H2,1-2H3,(H,19,20);3-4H2,1-2H3/t14?,16-,17+,18-,19?,20?;10?,13-,14+,15-,16?;/m11./s1. The van der Waals surface area contributed by atoms with Gasteiger partial charge in [0.25, 0.3) is 11.8 Å². The van der Waals surface area contributed by atoms with Crippen LogP contribution in [-0.4, -0.2) is 60.6 Å². The summed E-state index contributed by atoms with van der Waals surface area (Å²) in [4.78, 5) is 69.6. The number of hydrogen-bond donors (Lipinski definition) is 2. The van der Waals surface area contributed by atoms with Crippen LogP contribution in [0.1, 0.15) is 114 Å². The Morgan fingerprint density at radius 3 is 1.40 bits per heavy atom. The maximum absolute atomic E-state index is 12.5. The molecule has 2 aromatic carbocycles. The molecule has 4 fully saturated rings. The minimum Gasteiger partial charge on any atom is -0.466 e. The first-order valence-corrected chi connectivity index (χ1v) is 21.3. The van der Waals surface area contributed by atoms with Crippen molar-refractivity contribution >= 4 is 58.5 Å². The van der Waals surface area contributed by atoms with Gasteiger partial charge in [-0.1, -0.05) is 44.0 Å². The van der Waals surface area contributed by atoms with Gasteiger partial charge in [0, 0.05) is 33.3 Å². The summed E-state index contributed by atoms with van der Waals surface area (Å²) in [5.41, 5.74) is 1.30. The molecule has 4 aliphatic carbocycles. The normalized spacial score (nSPS) is 26.3. The van der Waals surface area contributed by atoms with Crippen molar-refractivity contribution in [3.63, 3.8) is 0 Å². The van der Waals surface area contributed by atoms with Crippen molar-refractivity contribution in [1.82, 2.24) is 10.6 Å². The monoisotopic (exact) mass is 826 g/mol. The van der Waals surface area contributed by atoms with Gasteiger partial charge in [-0.2, -0.15) is 0 Å². The maximum Gasteiger partial charge on any atom is 0.316 e. The molecule has 312 valence electrons. The van der Waals surface area contributed by atoms with Crippen LogP contribution < -0.4 is 10.6 Å². The summed E-state index contributed by atoms with van der Waals surface area (Å²) >= 11 is 11.7. The minimum atomic E-state index is -0.642. The van der Waals surface area contributed by atoms with Gasteiger partial charge < -0.3 is 20.1 Å². The fourth-order valence-electron chi connectivity index (χ4n) is 9.55. The predicted molar refractivity (Wildman–Crippen MR) is 221 cm³/mol. The molecule has 12 heteroatoms. The number of hydrogen-bond acceptors (Lipinski definition) is 8. The molecule has 10 nitrogen and oxygen atoms in total. The second-order valence-electron chi connectivity index (χ2n) is 16.1. The van der Waals surface area contributed by atoms with E-state index in [4.69, 9.17) is 27.9 Å². The molecule has 0 spiro atoms. The van der Waals surface area contributed by atoms with E-state index in [-0.39, 0.29) is 47.7 Å². The van der Waals surface area contributed by atoms with Crippen LogP contribution in [0.3, 0.4) is 0 Å². The predicted octanol–water partition coefficient (Wildman–Crippen LogP) is 8.56. The number of amides is 2. The first kappa shape index (κ1) is 45.9. The van der Waals surface area contributed by atoms with Crippen LogP contribution in [0.25, 0.3) is 0 Å². The van der Waals surface area contributed by atoms with Gasteiger partial charge in [0.05, 0.1) is 13.2 Å². The average Bonchev–Trinajstić information content (AvgIpc) is 3.87. The van der Waals surface area contributed by atoms with Crippen molar-refractivity contribution in [1.29, 1.82) is 0 Å². The first-order valence-electron chi connectivity index (χ1n) is 20.6. The number of ether oxygens (including phenoxy) is 2. The molecule has 0 aliphatic heterocycles. The van der Waals surface area contributed by atoms with E-state index >= 15 is 0 Å². The second-order valence-corrected chi connectivity index (χ2v) is 17.0. The lowest BCUT2D eigenvalue weighted by Crippen LogP contribution is -2.38. The van der Waals surface area contributed by atoms with Gasteiger partial charge in [0.1, 0.15) is 23.9 Å². The molecule has 57 heavy (non-hydrogen) atoms. The molecular weight excluding hydrogens is 767 g/mol. The molecule has 0 radical (unpaired) electrons. The number of rotatable bonds is 15. The topological polar surface area (TPSA) is 145 Å². The van der Waals surface area contributed by atoms with E-state index in [1.165, 1.54) is 26.7 Å². The Balaban J connectivity index is 0.000000215. The third kappa shape index (κ3) is 12.6. The average molecular weight is 828 g/mol. The summed E-state index contributed by atoms with van der Waals surface area (Å²) in [7, 11) is 0. The van der Waals surface area contributed by atoms with E-state index in [2.05, 4.69) is 36.1 Å². The highest BCUT2D eigenvalue weighted by Gasteiger charge is 2.61. The molecule has 2 aromatic rings. The van der Waals surface area contributed by atoms with Crippen molar-refractivity contribution in [2.24, 2.45) is 53.3 Å². The highest BCUT2D eigenvalue weighted by Crippen LogP contribution is 2.63. The van der Waals surface area contributed by atoms with Crippen molar-refractivity contribution in [3.8, 4) is 0 Å². The van der Waals surface area contributed by atoms with E-state index in [1.54, 1.807) is 62.4 Å². The van der Waals surface area contributed by atoms with Crippen LogP contribution in [0.5, 0.6) is 0 Å². The Morgan fingerprint density at radius 1 is 0.649 bits per heavy atom. The van der Waals surface area contributed by atoms with Crippen LogP contribution in [0.15, 0.2) is 48.5 Å². The van der Waals surface area contributed by atoms with E-state index < -0.39 is 11.9 Å². The molecule has 4 saturated carbocycles. The smallest absolute Gasteiger partial charge is 0.316 e. The Hall–Kier alpha value is -3.76. The number of ketones is 2. The summed E-state index contributed by atoms with van der Waals surface area (Å²) in [6.07, 6.45) is 6.18. The highest BCUT2D eigenvalue weighted by atomic mass is 35.5. The van der Waals surface area contributed by atoms with Gasteiger partial charge in [0.15, 0.2) is 0 Å².